The van der Waals surface area contributed by atoms with Crippen LogP contribution in [0.1, 0.15) is 29.9 Å². The maximum absolute atomic E-state index is 12.5. The number of ether oxygens (including phenoxy) is 1. The summed E-state index contributed by atoms with van der Waals surface area (Å²) >= 11 is 0. The third kappa shape index (κ3) is 2.54. The molecule has 5 heteroatoms. The Balaban J connectivity index is 2.33. The van der Waals surface area contributed by atoms with Gasteiger partial charge in [-0.1, -0.05) is 6.07 Å². The van der Waals surface area contributed by atoms with Gasteiger partial charge in [-0.05, 0) is 36.5 Å². The van der Waals surface area contributed by atoms with Crippen LogP contribution in [0.2, 0.25) is 0 Å². The molecule has 0 aromatic heterocycles. The third-order valence-electron chi connectivity index (χ3n) is 2.98. The number of fused-ring (bicyclic) bond motifs is 1. The summed E-state index contributed by atoms with van der Waals surface area (Å²) in [6, 6.07) is 3.56. The van der Waals surface area contributed by atoms with Gasteiger partial charge in [0.1, 0.15) is 5.75 Å². The standard InChI is InChI=1S/C12H13F3O2/c13-12(14,15)9-1-2-10-8(3-5-16)4-6-17-11(10)7-9/h1-2,7-8,16H,3-6H2/t8-/m0/s1. The molecule has 0 bridgehead atoms. The number of alkyl halides is 3. The van der Waals surface area contributed by atoms with Gasteiger partial charge in [0.05, 0.1) is 12.2 Å². The third-order valence-corrected chi connectivity index (χ3v) is 2.98. The van der Waals surface area contributed by atoms with E-state index in [2.05, 4.69) is 0 Å². The van der Waals surface area contributed by atoms with Crippen LogP contribution in [0.25, 0.3) is 0 Å². The van der Waals surface area contributed by atoms with Gasteiger partial charge in [-0.25, -0.2) is 0 Å². The van der Waals surface area contributed by atoms with Crippen molar-refractivity contribution < 1.29 is 23.0 Å². The molecule has 1 atom stereocenters. The van der Waals surface area contributed by atoms with Crippen LogP contribution in [0.4, 0.5) is 13.2 Å². The zero-order valence-electron chi connectivity index (χ0n) is 9.13. The average molecular weight is 246 g/mol. The first kappa shape index (κ1) is 12.2. The molecule has 1 aromatic carbocycles. The molecule has 2 nitrogen and oxygen atoms in total. The maximum atomic E-state index is 12.5. The van der Waals surface area contributed by atoms with Crippen LogP contribution in [0.15, 0.2) is 18.2 Å². The van der Waals surface area contributed by atoms with Crippen molar-refractivity contribution in [1.29, 1.82) is 0 Å². The Morgan fingerprint density at radius 2 is 2.12 bits per heavy atom. The van der Waals surface area contributed by atoms with E-state index in [1.165, 1.54) is 6.07 Å². The Morgan fingerprint density at radius 1 is 1.35 bits per heavy atom. The van der Waals surface area contributed by atoms with Gasteiger partial charge >= 0.3 is 6.18 Å². The van der Waals surface area contributed by atoms with E-state index in [9.17, 15) is 13.2 Å². The molecule has 1 aromatic rings. The summed E-state index contributed by atoms with van der Waals surface area (Å²) in [5.74, 6) is 0.385. The number of aliphatic hydroxyl groups is 1. The molecule has 17 heavy (non-hydrogen) atoms. The quantitative estimate of drug-likeness (QED) is 0.869. The van der Waals surface area contributed by atoms with Gasteiger partial charge in [-0.2, -0.15) is 13.2 Å². The summed E-state index contributed by atoms with van der Waals surface area (Å²) in [6.45, 7) is 0.435. The Labute approximate surface area is 97.0 Å². The lowest BCUT2D eigenvalue weighted by atomic mass is 9.90. The van der Waals surface area contributed by atoms with Crippen molar-refractivity contribution in [3.05, 3.63) is 29.3 Å². The Kier molecular flexibility index (Phi) is 3.28. The summed E-state index contributed by atoms with van der Waals surface area (Å²) in [4.78, 5) is 0. The van der Waals surface area contributed by atoms with Gasteiger partial charge in [-0.15, -0.1) is 0 Å². The number of hydrogen-bond acceptors (Lipinski definition) is 2. The van der Waals surface area contributed by atoms with Crippen LogP contribution in [-0.4, -0.2) is 18.3 Å². The van der Waals surface area contributed by atoms with Crippen molar-refractivity contribution in [2.75, 3.05) is 13.2 Å². The predicted molar refractivity (Wildman–Crippen MR) is 56.0 cm³/mol. The summed E-state index contributed by atoms with van der Waals surface area (Å²) in [5, 5.41) is 8.91. The number of rotatable bonds is 2. The van der Waals surface area contributed by atoms with Crippen LogP contribution in [0.3, 0.4) is 0 Å². The highest BCUT2D eigenvalue weighted by atomic mass is 19.4. The first-order valence-corrected chi connectivity index (χ1v) is 5.47. The summed E-state index contributed by atoms with van der Waals surface area (Å²) < 4.78 is 42.8. The maximum Gasteiger partial charge on any atom is 0.416 e. The first-order valence-electron chi connectivity index (χ1n) is 5.47. The molecule has 0 radical (unpaired) electrons. The molecule has 0 aliphatic carbocycles. The smallest absolute Gasteiger partial charge is 0.416 e. The van der Waals surface area contributed by atoms with Crippen molar-refractivity contribution in [2.24, 2.45) is 0 Å². The molecule has 1 aliphatic rings. The van der Waals surface area contributed by atoms with E-state index in [1.807, 2.05) is 0 Å². The van der Waals surface area contributed by atoms with Crippen LogP contribution in [0.5, 0.6) is 5.75 Å². The fourth-order valence-corrected chi connectivity index (χ4v) is 2.10. The van der Waals surface area contributed by atoms with Crippen LogP contribution in [0, 0.1) is 0 Å². The van der Waals surface area contributed by atoms with Crippen molar-refractivity contribution in [3.63, 3.8) is 0 Å². The minimum Gasteiger partial charge on any atom is -0.493 e. The molecule has 94 valence electrons. The fourth-order valence-electron chi connectivity index (χ4n) is 2.10. The second kappa shape index (κ2) is 4.56. The number of hydrogen-bond donors (Lipinski definition) is 1. The van der Waals surface area contributed by atoms with Crippen molar-refractivity contribution in [2.45, 2.75) is 24.9 Å². The van der Waals surface area contributed by atoms with E-state index in [1.54, 1.807) is 0 Å². The molecule has 0 amide bonds. The normalized spacial score (nSPS) is 19.6. The predicted octanol–water partition coefficient (Wildman–Crippen LogP) is 2.95. The minimum absolute atomic E-state index is 0.0329. The molecule has 1 aliphatic heterocycles. The highest BCUT2D eigenvalue weighted by molar-refractivity contribution is 5.42. The second-order valence-electron chi connectivity index (χ2n) is 4.10. The van der Waals surface area contributed by atoms with E-state index < -0.39 is 11.7 Å². The lowest BCUT2D eigenvalue weighted by Crippen LogP contribution is -2.16. The zero-order chi connectivity index (χ0) is 12.5. The lowest BCUT2D eigenvalue weighted by molar-refractivity contribution is -0.137. The van der Waals surface area contributed by atoms with Crippen molar-refractivity contribution in [3.8, 4) is 5.75 Å². The summed E-state index contributed by atoms with van der Waals surface area (Å²) in [6.07, 6.45) is -3.05. The molecule has 0 spiro atoms. The Morgan fingerprint density at radius 3 is 2.76 bits per heavy atom. The van der Waals surface area contributed by atoms with Crippen molar-refractivity contribution in [1.82, 2.24) is 0 Å². The molecule has 0 saturated heterocycles. The Hall–Kier alpha value is -1.23. The van der Waals surface area contributed by atoms with Crippen LogP contribution >= 0.6 is 0 Å². The van der Waals surface area contributed by atoms with E-state index in [-0.39, 0.29) is 12.5 Å². The van der Waals surface area contributed by atoms with Crippen molar-refractivity contribution >= 4 is 0 Å². The van der Waals surface area contributed by atoms with Gasteiger partial charge in [0.2, 0.25) is 0 Å². The number of halogens is 3. The average Bonchev–Trinajstić information content (AvgIpc) is 2.28. The molecular formula is C12H13F3O2. The first-order chi connectivity index (χ1) is 8.02. The van der Waals surface area contributed by atoms with Gasteiger partial charge in [0, 0.05) is 6.61 Å². The summed E-state index contributed by atoms with van der Waals surface area (Å²) in [5.41, 5.74) is 0.0687. The molecule has 1 heterocycles. The van der Waals surface area contributed by atoms with Gasteiger partial charge < -0.3 is 9.84 Å². The Bertz CT molecular complexity index is 401. The van der Waals surface area contributed by atoms with E-state index >= 15 is 0 Å². The monoisotopic (exact) mass is 246 g/mol. The molecule has 0 unspecified atom stereocenters. The minimum atomic E-state index is -4.34. The van der Waals surface area contributed by atoms with E-state index in [0.717, 1.165) is 24.1 Å². The zero-order valence-corrected chi connectivity index (χ0v) is 9.13. The number of benzene rings is 1. The molecule has 1 N–H and O–H groups in total. The lowest BCUT2D eigenvalue weighted by Gasteiger charge is -2.26. The van der Waals surface area contributed by atoms with Gasteiger partial charge in [0.25, 0.3) is 0 Å². The number of aliphatic hydroxyl groups excluding tert-OH is 1. The topological polar surface area (TPSA) is 29.5 Å². The molecule has 0 fully saturated rings. The van der Waals surface area contributed by atoms with Crippen LogP contribution < -0.4 is 4.74 Å². The largest absolute Gasteiger partial charge is 0.493 e. The van der Waals surface area contributed by atoms with Gasteiger partial charge in [0.15, 0.2) is 0 Å². The second-order valence-corrected chi connectivity index (χ2v) is 4.10. The SMILES string of the molecule is OCC[C@H]1CCOc2cc(C(F)(F)F)ccc21. The highest BCUT2D eigenvalue weighted by Gasteiger charge is 2.32. The highest BCUT2D eigenvalue weighted by Crippen LogP contribution is 2.39. The fraction of sp³-hybridized carbons (Fsp3) is 0.500. The summed E-state index contributed by atoms with van der Waals surface area (Å²) in [7, 11) is 0. The molecule has 0 saturated carbocycles. The van der Waals surface area contributed by atoms with E-state index in [0.29, 0.717) is 18.8 Å². The van der Waals surface area contributed by atoms with Crippen LogP contribution in [-0.2, 0) is 6.18 Å². The molecule has 2 rings (SSSR count). The van der Waals surface area contributed by atoms with Gasteiger partial charge in [-0.3, -0.25) is 0 Å². The molecular weight excluding hydrogens is 233 g/mol. The van der Waals surface area contributed by atoms with E-state index in [4.69, 9.17) is 9.84 Å².